The van der Waals surface area contributed by atoms with Gasteiger partial charge in [0, 0.05) is 32.0 Å². The first-order chi connectivity index (χ1) is 12.4. The first-order valence-corrected chi connectivity index (χ1v) is 9.52. The number of benzene rings is 2. The third-order valence-electron chi connectivity index (χ3n) is 2.46. The molecule has 136 valence electrons. The van der Waals surface area contributed by atoms with E-state index in [9.17, 15) is 9.59 Å². The Morgan fingerprint density at radius 3 is 1.27 bits per heavy atom. The topological polar surface area (TPSA) is 74.6 Å². The number of aliphatic carboxylic acids is 2. The molecule has 0 saturated carbocycles. The second-order valence-corrected chi connectivity index (χ2v) is 7.26. The molecule has 0 aliphatic carbocycles. The van der Waals surface area contributed by atoms with Crippen LogP contribution in [0, 0.1) is 0 Å². The molecule has 0 amide bonds. The minimum absolute atomic E-state index is 0.673. The third-order valence-corrected chi connectivity index (χ3v) is 4.59. The fourth-order valence-corrected chi connectivity index (χ4v) is 2.89. The van der Waals surface area contributed by atoms with Crippen LogP contribution in [0.4, 0.5) is 0 Å². The van der Waals surface area contributed by atoms with Gasteiger partial charge < -0.3 is 10.2 Å². The van der Waals surface area contributed by atoms with Gasteiger partial charge in [-0.2, -0.15) is 0 Å². The van der Waals surface area contributed by atoms with Gasteiger partial charge in [-0.3, -0.25) is 0 Å². The zero-order valence-corrected chi connectivity index (χ0v) is 16.4. The Kier molecular flexibility index (Phi) is 10.7. The van der Waals surface area contributed by atoms with E-state index in [1.807, 2.05) is 24.3 Å². The van der Waals surface area contributed by atoms with Crippen molar-refractivity contribution < 1.29 is 19.8 Å². The van der Waals surface area contributed by atoms with Crippen LogP contribution in [0.25, 0.3) is 0 Å². The van der Waals surface area contributed by atoms with Gasteiger partial charge in [-0.15, -0.1) is 0 Å². The highest BCUT2D eigenvalue weighted by atomic mass is 35.5. The lowest BCUT2D eigenvalue weighted by Crippen LogP contribution is -1.84. The Balaban J connectivity index is 0.000000260. The molecule has 2 rings (SSSR count). The maximum atomic E-state index is 10.1. The van der Waals surface area contributed by atoms with Crippen molar-refractivity contribution in [2.45, 2.75) is 9.79 Å². The van der Waals surface area contributed by atoms with E-state index in [0.717, 1.165) is 21.9 Å². The van der Waals surface area contributed by atoms with Crippen molar-refractivity contribution in [2.75, 3.05) is 0 Å². The normalized spacial score (nSPS) is 10.5. The van der Waals surface area contributed by atoms with E-state index in [-0.39, 0.29) is 0 Å². The smallest absolute Gasteiger partial charge is 0.328 e. The summed E-state index contributed by atoms with van der Waals surface area (Å²) in [6.45, 7) is 0. The summed E-state index contributed by atoms with van der Waals surface area (Å²) in [5.41, 5.74) is 0. The van der Waals surface area contributed by atoms with Crippen LogP contribution in [0.3, 0.4) is 0 Å². The number of carboxylic acids is 2. The molecule has 0 saturated heterocycles. The molecule has 26 heavy (non-hydrogen) atoms. The number of carboxylic acid groups (broad SMARTS) is 2. The number of halogens is 2. The van der Waals surface area contributed by atoms with Crippen LogP contribution in [0.5, 0.6) is 0 Å². The minimum Gasteiger partial charge on any atom is -0.478 e. The monoisotopic (exact) mass is 428 g/mol. The molecule has 8 heteroatoms. The molecule has 0 radical (unpaired) electrons. The van der Waals surface area contributed by atoms with Crippen LogP contribution in [0.1, 0.15) is 0 Å². The molecule has 0 fully saturated rings. The van der Waals surface area contributed by atoms with Crippen molar-refractivity contribution in [2.24, 2.45) is 0 Å². The highest BCUT2D eigenvalue weighted by molar-refractivity contribution is 8.02. The summed E-state index contributed by atoms with van der Waals surface area (Å²) in [5.74, 6) is -1.89. The lowest BCUT2D eigenvalue weighted by atomic mass is 10.4. The fraction of sp³-hybridized carbons (Fsp3) is 0. The van der Waals surface area contributed by atoms with E-state index in [4.69, 9.17) is 33.4 Å². The summed E-state index contributed by atoms with van der Waals surface area (Å²) in [6, 6.07) is 14.4. The van der Waals surface area contributed by atoms with Crippen LogP contribution >= 0.6 is 46.7 Å². The van der Waals surface area contributed by atoms with E-state index in [1.54, 1.807) is 24.3 Å². The van der Waals surface area contributed by atoms with E-state index < -0.39 is 11.9 Å². The zero-order valence-electron chi connectivity index (χ0n) is 13.2. The van der Waals surface area contributed by atoms with Crippen molar-refractivity contribution in [1.29, 1.82) is 0 Å². The minimum atomic E-state index is -0.943. The molecule has 0 heterocycles. The van der Waals surface area contributed by atoms with Crippen LogP contribution in [-0.2, 0) is 9.59 Å². The van der Waals surface area contributed by atoms with Crippen LogP contribution in [-0.4, -0.2) is 22.2 Å². The molecule has 0 aliphatic heterocycles. The van der Waals surface area contributed by atoms with E-state index in [1.165, 1.54) is 34.3 Å². The second kappa shape index (κ2) is 12.5. The Labute approximate surface area is 169 Å². The molecule has 2 N–H and O–H groups in total. The number of hydrogen-bond acceptors (Lipinski definition) is 4. The number of hydrogen-bond donors (Lipinski definition) is 2. The van der Waals surface area contributed by atoms with Gasteiger partial charge in [-0.25, -0.2) is 9.59 Å². The Bertz CT molecular complexity index is 705. The molecule has 0 atom stereocenters. The summed E-state index contributed by atoms with van der Waals surface area (Å²) < 4.78 is 0. The largest absolute Gasteiger partial charge is 0.478 e. The predicted molar refractivity (Wildman–Crippen MR) is 108 cm³/mol. The molecule has 0 bridgehead atoms. The Morgan fingerprint density at radius 1 is 0.692 bits per heavy atom. The number of rotatable bonds is 6. The lowest BCUT2D eigenvalue weighted by molar-refractivity contribution is -0.132. The zero-order chi connectivity index (χ0) is 19.4. The highest BCUT2D eigenvalue weighted by Gasteiger charge is 1.92. The summed E-state index contributed by atoms with van der Waals surface area (Å²) >= 11 is 14.0. The first-order valence-electron chi connectivity index (χ1n) is 7.00. The van der Waals surface area contributed by atoms with E-state index >= 15 is 0 Å². The van der Waals surface area contributed by atoms with E-state index in [2.05, 4.69) is 0 Å². The number of thioether (sulfide) groups is 2. The van der Waals surface area contributed by atoms with Gasteiger partial charge in [0.25, 0.3) is 0 Å². The van der Waals surface area contributed by atoms with Crippen molar-refractivity contribution in [3.05, 3.63) is 81.5 Å². The molecule has 2 aromatic rings. The number of carbonyl (C=O) groups is 2. The molecule has 0 unspecified atom stereocenters. The van der Waals surface area contributed by atoms with E-state index in [0.29, 0.717) is 10.0 Å². The SMILES string of the molecule is O=C(O)/C=C/Sc1ccc(Cl)cc1.O=C(O)/C=C/Sc1ccc(Cl)cc1. The average molecular weight is 429 g/mol. The fourth-order valence-electron chi connectivity index (χ4n) is 1.37. The van der Waals surface area contributed by atoms with Crippen molar-refractivity contribution >= 4 is 58.7 Å². The molecule has 0 aliphatic rings. The first kappa shape index (κ1) is 22.2. The van der Waals surface area contributed by atoms with Crippen molar-refractivity contribution in [1.82, 2.24) is 0 Å². The molecule has 0 spiro atoms. The van der Waals surface area contributed by atoms with Crippen molar-refractivity contribution in [3.8, 4) is 0 Å². The van der Waals surface area contributed by atoms with Crippen molar-refractivity contribution in [3.63, 3.8) is 0 Å². The van der Waals surface area contributed by atoms with Gasteiger partial charge in [-0.1, -0.05) is 46.7 Å². The van der Waals surface area contributed by atoms with Crippen LogP contribution < -0.4 is 0 Å². The molecular weight excluding hydrogens is 415 g/mol. The van der Waals surface area contributed by atoms with Gasteiger partial charge in [0.2, 0.25) is 0 Å². The van der Waals surface area contributed by atoms with Gasteiger partial charge in [0.05, 0.1) is 0 Å². The van der Waals surface area contributed by atoms with Gasteiger partial charge in [-0.05, 0) is 59.3 Å². The highest BCUT2D eigenvalue weighted by Crippen LogP contribution is 2.21. The third kappa shape index (κ3) is 10.9. The maximum Gasteiger partial charge on any atom is 0.328 e. The van der Waals surface area contributed by atoms with Gasteiger partial charge >= 0.3 is 11.9 Å². The molecule has 0 aromatic heterocycles. The van der Waals surface area contributed by atoms with Crippen LogP contribution in [0.15, 0.2) is 81.3 Å². The summed E-state index contributed by atoms with van der Waals surface area (Å²) in [5, 5.41) is 21.0. The van der Waals surface area contributed by atoms with Gasteiger partial charge in [0.15, 0.2) is 0 Å². The predicted octanol–water partition coefficient (Wildman–Crippen LogP) is 6.06. The average Bonchev–Trinajstić information content (AvgIpc) is 2.58. The summed E-state index contributed by atoms with van der Waals surface area (Å²) in [6.07, 6.45) is 2.19. The molecule has 4 nitrogen and oxygen atoms in total. The Morgan fingerprint density at radius 2 is 1.00 bits per heavy atom. The molecular formula is C18H14Cl2O4S2. The maximum absolute atomic E-state index is 10.1. The molecule has 2 aromatic carbocycles. The quantitative estimate of drug-likeness (QED) is 0.430. The van der Waals surface area contributed by atoms with Crippen LogP contribution in [0.2, 0.25) is 10.0 Å². The second-order valence-electron chi connectivity index (χ2n) is 4.43. The lowest BCUT2D eigenvalue weighted by Gasteiger charge is -1.94. The summed E-state index contributed by atoms with van der Waals surface area (Å²) in [7, 11) is 0. The Hall–Kier alpha value is -1.86. The summed E-state index contributed by atoms with van der Waals surface area (Å²) in [4.78, 5) is 22.2. The standard InChI is InChI=1S/2C9H7ClO2S/c2*10-7-1-3-8(4-2-7)13-6-5-9(11)12/h2*1-6H,(H,11,12)/b2*6-5+. The van der Waals surface area contributed by atoms with Gasteiger partial charge in [0.1, 0.15) is 0 Å².